The summed E-state index contributed by atoms with van der Waals surface area (Å²) >= 11 is 0. The minimum Gasteiger partial charge on any atom is -0.237 e. The second-order valence-electron chi connectivity index (χ2n) is 3.75. The van der Waals surface area contributed by atoms with Gasteiger partial charge in [-0.3, -0.25) is 0 Å². The summed E-state index contributed by atoms with van der Waals surface area (Å²) in [5, 5.41) is 4.41. The Labute approximate surface area is 93.9 Å². The van der Waals surface area contributed by atoms with Gasteiger partial charge in [0.05, 0.1) is 11.4 Å². The molecular weight excluding hydrogens is 205 g/mol. The van der Waals surface area contributed by atoms with Gasteiger partial charge in [0.25, 0.3) is 0 Å². The molecule has 2 heterocycles. The molecule has 84 valence electrons. The molecule has 2 aromatic heterocycles. The highest BCUT2D eigenvalue weighted by molar-refractivity contribution is 5.35. The van der Waals surface area contributed by atoms with Crippen molar-refractivity contribution < 1.29 is 4.39 Å². The summed E-state index contributed by atoms with van der Waals surface area (Å²) in [6, 6.07) is 3.14. The summed E-state index contributed by atoms with van der Waals surface area (Å²) in [5.74, 6) is -0.483. The molecule has 0 aromatic carbocycles. The molecule has 0 radical (unpaired) electrons. The molecule has 16 heavy (non-hydrogen) atoms. The molecule has 0 saturated heterocycles. The zero-order valence-corrected chi connectivity index (χ0v) is 9.66. The first-order valence-corrected chi connectivity index (χ1v) is 5.30. The van der Waals surface area contributed by atoms with Crippen molar-refractivity contribution >= 4 is 0 Å². The molecule has 0 aliphatic rings. The average molecular weight is 219 g/mol. The molecule has 0 aliphatic heterocycles. The minimum absolute atomic E-state index is 0.483. The zero-order chi connectivity index (χ0) is 11.7. The summed E-state index contributed by atoms with van der Waals surface area (Å²) in [6.07, 6.45) is 2.39. The number of aryl methyl sites for hydroxylation is 1. The first kappa shape index (κ1) is 10.8. The summed E-state index contributed by atoms with van der Waals surface area (Å²) in [6.45, 7) is 6.06. The Bertz CT molecular complexity index is 517. The van der Waals surface area contributed by atoms with E-state index < -0.39 is 5.95 Å². The van der Waals surface area contributed by atoms with Gasteiger partial charge >= 0.3 is 0 Å². The number of hydrogen-bond acceptors (Lipinski definition) is 2. The largest absolute Gasteiger partial charge is 0.237 e. The van der Waals surface area contributed by atoms with Crippen LogP contribution in [0.4, 0.5) is 4.39 Å². The van der Waals surface area contributed by atoms with Crippen molar-refractivity contribution in [3.05, 3.63) is 41.2 Å². The first-order chi connectivity index (χ1) is 7.63. The Hall–Kier alpha value is -1.71. The van der Waals surface area contributed by atoms with E-state index >= 15 is 0 Å². The van der Waals surface area contributed by atoms with Crippen LogP contribution in [-0.4, -0.2) is 14.8 Å². The molecule has 0 unspecified atom stereocenters. The molecule has 0 bridgehead atoms. The number of aromatic nitrogens is 3. The normalized spacial score (nSPS) is 10.8. The van der Waals surface area contributed by atoms with Crippen LogP contribution in [0.25, 0.3) is 5.69 Å². The van der Waals surface area contributed by atoms with Crippen LogP contribution in [-0.2, 0) is 6.42 Å². The quantitative estimate of drug-likeness (QED) is 0.727. The molecule has 4 heteroatoms. The van der Waals surface area contributed by atoms with E-state index in [0.717, 1.165) is 17.8 Å². The zero-order valence-electron chi connectivity index (χ0n) is 9.66. The lowest BCUT2D eigenvalue weighted by molar-refractivity contribution is 0.581. The lowest BCUT2D eigenvalue weighted by Crippen LogP contribution is -2.00. The van der Waals surface area contributed by atoms with Crippen molar-refractivity contribution in [3.8, 4) is 5.69 Å². The molecule has 0 N–H and O–H groups in total. The van der Waals surface area contributed by atoms with Crippen LogP contribution in [0, 0.1) is 19.8 Å². The highest BCUT2D eigenvalue weighted by Gasteiger charge is 2.11. The summed E-state index contributed by atoms with van der Waals surface area (Å²) in [7, 11) is 0. The van der Waals surface area contributed by atoms with Gasteiger partial charge in [0.15, 0.2) is 0 Å². The fourth-order valence-electron chi connectivity index (χ4n) is 1.96. The van der Waals surface area contributed by atoms with Gasteiger partial charge in [-0.15, -0.1) is 0 Å². The van der Waals surface area contributed by atoms with Gasteiger partial charge in [-0.05, 0) is 31.9 Å². The van der Waals surface area contributed by atoms with Gasteiger partial charge in [-0.2, -0.15) is 9.49 Å². The predicted octanol–water partition coefficient (Wildman–Crippen LogP) is 2.59. The van der Waals surface area contributed by atoms with Crippen LogP contribution in [0.15, 0.2) is 18.3 Å². The average Bonchev–Trinajstić information content (AvgIpc) is 2.54. The molecule has 0 saturated carbocycles. The molecule has 3 nitrogen and oxygen atoms in total. The molecule has 0 aliphatic carbocycles. The van der Waals surface area contributed by atoms with Crippen molar-refractivity contribution in [2.24, 2.45) is 0 Å². The Morgan fingerprint density at radius 3 is 2.69 bits per heavy atom. The van der Waals surface area contributed by atoms with Crippen molar-refractivity contribution in [1.82, 2.24) is 14.8 Å². The number of nitrogens with zero attached hydrogens (tertiary/aromatic N) is 3. The van der Waals surface area contributed by atoms with Crippen LogP contribution in [0.5, 0.6) is 0 Å². The Kier molecular flexibility index (Phi) is 2.73. The summed E-state index contributed by atoms with van der Waals surface area (Å²) in [5.41, 5.74) is 3.99. The van der Waals surface area contributed by atoms with Gasteiger partial charge in [-0.1, -0.05) is 6.92 Å². The first-order valence-electron chi connectivity index (χ1n) is 5.30. The van der Waals surface area contributed by atoms with Crippen LogP contribution < -0.4 is 0 Å². The van der Waals surface area contributed by atoms with E-state index in [-0.39, 0.29) is 0 Å². The fraction of sp³-hybridized carbons (Fsp3) is 0.333. The number of rotatable bonds is 2. The maximum absolute atomic E-state index is 13.0. The van der Waals surface area contributed by atoms with E-state index in [1.165, 1.54) is 17.8 Å². The predicted molar refractivity (Wildman–Crippen MR) is 60.2 cm³/mol. The molecule has 0 fully saturated rings. The van der Waals surface area contributed by atoms with Crippen molar-refractivity contribution in [1.29, 1.82) is 0 Å². The SMILES string of the molecule is CCc1c(C)nn(-c2ccnc(F)c2)c1C. The number of halogens is 1. The highest BCUT2D eigenvalue weighted by Crippen LogP contribution is 2.18. The molecule has 0 atom stereocenters. The number of hydrogen-bond donors (Lipinski definition) is 0. The minimum atomic E-state index is -0.483. The third-order valence-corrected chi connectivity index (χ3v) is 2.75. The standard InChI is InChI=1S/C12H14FN3/c1-4-11-8(2)15-16(9(11)3)10-5-6-14-12(13)7-10/h5-7H,4H2,1-3H3. The van der Waals surface area contributed by atoms with Crippen LogP contribution >= 0.6 is 0 Å². The lowest BCUT2D eigenvalue weighted by atomic mass is 10.1. The summed E-state index contributed by atoms with van der Waals surface area (Å²) in [4.78, 5) is 3.54. The van der Waals surface area contributed by atoms with E-state index in [0.29, 0.717) is 5.69 Å². The smallest absolute Gasteiger partial charge is 0.214 e. The van der Waals surface area contributed by atoms with Gasteiger partial charge in [0, 0.05) is 18.0 Å². The van der Waals surface area contributed by atoms with Crippen LogP contribution in [0.2, 0.25) is 0 Å². The Morgan fingerprint density at radius 2 is 2.12 bits per heavy atom. The molecule has 2 rings (SSSR count). The maximum atomic E-state index is 13.0. The second-order valence-corrected chi connectivity index (χ2v) is 3.75. The topological polar surface area (TPSA) is 30.7 Å². The van der Waals surface area contributed by atoms with E-state index in [9.17, 15) is 4.39 Å². The van der Waals surface area contributed by atoms with E-state index in [1.54, 1.807) is 10.7 Å². The van der Waals surface area contributed by atoms with Crippen molar-refractivity contribution in [2.75, 3.05) is 0 Å². The monoisotopic (exact) mass is 219 g/mol. The fourth-order valence-corrected chi connectivity index (χ4v) is 1.96. The molecule has 0 spiro atoms. The lowest BCUT2D eigenvalue weighted by Gasteiger charge is -2.04. The summed E-state index contributed by atoms with van der Waals surface area (Å²) < 4.78 is 14.8. The number of pyridine rings is 1. The van der Waals surface area contributed by atoms with Crippen molar-refractivity contribution in [3.63, 3.8) is 0 Å². The van der Waals surface area contributed by atoms with Gasteiger partial charge in [0.2, 0.25) is 5.95 Å². The van der Waals surface area contributed by atoms with Gasteiger partial charge < -0.3 is 0 Å². The Morgan fingerprint density at radius 1 is 1.38 bits per heavy atom. The molecular formula is C12H14FN3. The van der Waals surface area contributed by atoms with Crippen LogP contribution in [0.1, 0.15) is 23.9 Å². The second kappa shape index (κ2) is 4.04. The maximum Gasteiger partial charge on any atom is 0.214 e. The van der Waals surface area contributed by atoms with E-state index in [4.69, 9.17) is 0 Å². The van der Waals surface area contributed by atoms with E-state index in [1.807, 2.05) is 13.8 Å². The van der Waals surface area contributed by atoms with Crippen LogP contribution in [0.3, 0.4) is 0 Å². The Balaban J connectivity index is 2.56. The highest BCUT2D eigenvalue weighted by atomic mass is 19.1. The molecule has 0 amide bonds. The van der Waals surface area contributed by atoms with Gasteiger partial charge in [-0.25, -0.2) is 9.67 Å². The van der Waals surface area contributed by atoms with Crippen molar-refractivity contribution in [2.45, 2.75) is 27.2 Å². The third-order valence-electron chi connectivity index (χ3n) is 2.75. The molecule has 2 aromatic rings. The third kappa shape index (κ3) is 1.71. The van der Waals surface area contributed by atoms with E-state index in [2.05, 4.69) is 17.0 Å². The van der Waals surface area contributed by atoms with Gasteiger partial charge in [0.1, 0.15) is 0 Å².